The summed E-state index contributed by atoms with van der Waals surface area (Å²) in [5.74, 6) is 0.301. The van der Waals surface area contributed by atoms with E-state index in [1.807, 2.05) is 30.3 Å². The van der Waals surface area contributed by atoms with Crippen LogP contribution < -0.4 is 29.9 Å². The van der Waals surface area contributed by atoms with Crippen molar-refractivity contribution in [1.82, 2.24) is 5.32 Å². The van der Waals surface area contributed by atoms with Crippen molar-refractivity contribution >= 4 is 28.9 Å². The van der Waals surface area contributed by atoms with Gasteiger partial charge in [-0.15, -0.1) is 0 Å². The maximum Gasteiger partial charge on any atom is 0.259 e. The average molecular weight is 569 g/mol. The molecule has 42 heavy (non-hydrogen) atoms. The highest BCUT2D eigenvalue weighted by atomic mass is 19.1. The standard InChI is InChI=1S/C33H33FN4O4/c1-41-30-9-5-3-7-26(30)33(40)36-25-15-16-28(27(21-25)32(39)35-22-23-11-13-24(34)14-12-23)37-17-19-38(20-18-37)29-8-4-6-10-31(29)42-2/h3-16,21H,17-20,22H2,1-2H3,(H,35,39)(H,36,40). The Bertz CT molecular complexity index is 1550. The second-order valence-corrected chi connectivity index (χ2v) is 9.84. The number of carbonyl (C=O) groups excluding carboxylic acids is 2. The molecule has 0 unspecified atom stereocenters. The monoisotopic (exact) mass is 568 g/mol. The van der Waals surface area contributed by atoms with Gasteiger partial charge in [0.1, 0.15) is 17.3 Å². The van der Waals surface area contributed by atoms with Crippen LogP contribution in [0, 0.1) is 5.82 Å². The summed E-state index contributed by atoms with van der Waals surface area (Å²) in [6, 6.07) is 26.2. The number of hydrogen-bond acceptors (Lipinski definition) is 6. The summed E-state index contributed by atoms with van der Waals surface area (Å²) in [6.45, 7) is 3.08. The highest BCUT2D eigenvalue weighted by Crippen LogP contribution is 2.31. The minimum Gasteiger partial charge on any atom is -0.496 e. The number of nitrogens with one attached hydrogen (secondary N) is 2. The summed E-state index contributed by atoms with van der Waals surface area (Å²) < 4.78 is 24.2. The fourth-order valence-electron chi connectivity index (χ4n) is 5.06. The first-order valence-corrected chi connectivity index (χ1v) is 13.7. The van der Waals surface area contributed by atoms with E-state index in [0.717, 1.165) is 35.8 Å². The first kappa shape index (κ1) is 28.5. The quantitative estimate of drug-likeness (QED) is 0.283. The molecule has 0 spiro atoms. The van der Waals surface area contributed by atoms with Gasteiger partial charge in [-0.1, -0.05) is 36.4 Å². The van der Waals surface area contributed by atoms with Gasteiger partial charge >= 0.3 is 0 Å². The molecule has 5 rings (SSSR count). The Labute approximate surface area is 244 Å². The highest BCUT2D eigenvalue weighted by molar-refractivity contribution is 6.07. The zero-order valence-electron chi connectivity index (χ0n) is 23.6. The summed E-state index contributed by atoms with van der Waals surface area (Å²) in [5.41, 5.74) is 3.87. The molecule has 4 aromatic rings. The maximum atomic E-state index is 13.6. The van der Waals surface area contributed by atoms with Gasteiger partial charge in [-0.25, -0.2) is 4.39 Å². The molecular formula is C33H33FN4O4. The summed E-state index contributed by atoms with van der Waals surface area (Å²) >= 11 is 0. The van der Waals surface area contributed by atoms with Crippen molar-refractivity contribution in [1.29, 1.82) is 0 Å². The first-order valence-electron chi connectivity index (χ1n) is 13.7. The topological polar surface area (TPSA) is 83.1 Å². The van der Waals surface area contributed by atoms with Gasteiger partial charge in [0.15, 0.2) is 0 Å². The number of methoxy groups -OCH3 is 2. The number of para-hydroxylation sites is 3. The van der Waals surface area contributed by atoms with Crippen LogP contribution in [0.2, 0.25) is 0 Å². The molecule has 1 aliphatic rings. The van der Waals surface area contributed by atoms with Crippen LogP contribution in [0.4, 0.5) is 21.5 Å². The first-order chi connectivity index (χ1) is 20.5. The lowest BCUT2D eigenvalue weighted by atomic mass is 10.1. The number of carbonyl (C=O) groups is 2. The largest absolute Gasteiger partial charge is 0.496 e. The van der Waals surface area contributed by atoms with E-state index in [4.69, 9.17) is 9.47 Å². The van der Waals surface area contributed by atoms with E-state index in [-0.39, 0.29) is 24.2 Å². The number of rotatable bonds is 9. The lowest BCUT2D eigenvalue weighted by molar-refractivity contribution is 0.0950. The molecule has 0 bridgehead atoms. The van der Waals surface area contributed by atoms with Gasteiger partial charge in [-0.2, -0.15) is 0 Å². The molecule has 216 valence electrons. The van der Waals surface area contributed by atoms with Crippen LogP contribution in [0.3, 0.4) is 0 Å². The van der Waals surface area contributed by atoms with E-state index in [1.54, 1.807) is 55.6 Å². The highest BCUT2D eigenvalue weighted by Gasteiger charge is 2.24. The molecule has 8 nitrogen and oxygen atoms in total. The fourth-order valence-corrected chi connectivity index (χ4v) is 5.06. The molecule has 9 heteroatoms. The number of amides is 2. The van der Waals surface area contributed by atoms with Crippen molar-refractivity contribution in [2.45, 2.75) is 6.54 Å². The Hall–Kier alpha value is -5.05. The van der Waals surface area contributed by atoms with Gasteiger partial charge in [0.05, 0.1) is 31.0 Å². The molecule has 1 saturated heterocycles. The van der Waals surface area contributed by atoms with Crippen LogP contribution in [0.1, 0.15) is 26.3 Å². The van der Waals surface area contributed by atoms with Crippen molar-refractivity contribution in [2.75, 3.05) is 55.5 Å². The number of hydrogen-bond donors (Lipinski definition) is 2. The van der Waals surface area contributed by atoms with Crippen molar-refractivity contribution in [3.8, 4) is 11.5 Å². The zero-order valence-corrected chi connectivity index (χ0v) is 23.6. The molecule has 2 N–H and O–H groups in total. The molecule has 1 fully saturated rings. The third-order valence-corrected chi connectivity index (χ3v) is 7.26. The minimum absolute atomic E-state index is 0.234. The van der Waals surface area contributed by atoms with Gasteiger partial charge in [-0.3, -0.25) is 9.59 Å². The van der Waals surface area contributed by atoms with E-state index in [9.17, 15) is 14.0 Å². The molecule has 1 heterocycles. The number of anilines is 3. The molecule has 0 aromatic heterocycles. The molecule has 1 aliphatic heterocycles. The molecule has 0 radical (unpaired) electrons. The van der Waals surface area contributed by atoms with E-state index < -0.39 is 0 Å². The summed E-state index contributed by atoms with van der Waals surface area (Å²) in [5, 5.41) is 5.85. The minimum atomic E-state index is -0.344. The third kappa shape index (κ3) is 6.46. The SMILES string of the molecule is COc1ccccc1C(=O)Nc1ccc(N2CCN(c3ccccc3OC)CC2)c(C(=O)NCc2ccc(F)cc2)c1. The summed E-state index contributed by atoms with van der Waals surface area (Å²) in [4.78, 5) is 31.1. The van der Waals surface area contributed by atoms with Gasteiger partial charge < -0.3 is 29.9 Å². The molecular weight excluding hydrogens is 535 g/mol. The molecule has 4 aromatic carbocycles. The molecule has 0 aliphatic carbocycles. The van der Waals surface area contributed by atoms with Crippen LogP contribution in [-0.2, 0) is 6.54 Å². The van der Waals surface area contributed by atoms with Gasteiger partial charge in [-0.05, 0) is 60.2 Å². The predicted molar refractivity (Wildman–Crippen MR) is 162 cm³/mol. The summed E-state index contributed by atoms with van der Waals surface area (Å²) in [7, 11) is 3.18. The van der Waals surface area contributed by atoms with Crippen LogP contribution in [0.5, 0.6) is 11.5 Å². The molecule has 0 atom stereocenters. The van der Waals surface area contributed by atoms with E-state index in [0.29, 0.717) is 35.7 Å². The number of halogens is 1. The average Bonchev–Trinajstić information content (AvgIpc) is 3.04. The predicted octanol–water partition coefficient (Wildman–Crippen LogP) is 5.35. The Morgan fingerprint density at radius 3 is 2.02 bits per heavy atom. The van der Waals surface area contributed by atoms with Crippen LogP contribution in [0.25, 0.3) is 0 Å². The molecule has 2 amide bonds. The van der Waals surface area contributed by atoms with Gasteiger partial charge in [0.25, 0.3) is 11.8 Å². The summed E-state index contributed by atoms with van der Waals surface area (Å²) in [6.07, 6.45) is 0. The van der Waals surface area contributed by atoms with Crippen molar-refractivity contribution < 1.29 is 23.5 Å². The lowest BCUT2D eigenvalue weighted by Gasteiger charge is -2.38. The van der Waals surface area contributed by atoms with E-state index in [2.05, 4.69) is 20.4 Å². The maximum absolute atomic E-state index is 13.6. The third-order valence-electron chi connectivity index (χ3n) is 7.26. The van der Waals surface area contributed by atoms with Crippen LogP contribution in [-0.4, -0.2) is 52.2 Å². The van der Waals surface area contributed by atoms with Crippen molar-refractivity contribution in [3.63, 3.8) is 0 Å². The van der Waals surface area contributed by atoms with Gasteiger partial charge in [0.2, 0.25) is 0 Å². The van der Waals surface area contributed by atoms with Crippen molar-refractivity contribution in [2.24, 2.45) is 0 Å². The molecule has 0 saturated carbocycles. The number of nitrogens with zero attached hydrogens (tertiary/aromatic N) is 2. The normalized spacial score (nSPS) is 12.9. The second kappa shape index (κ2) is 13.1. The second-order valence-electron chi connectivity index (χ2n) is 9.84. The van der Waals surface area contributed by atoms with Crippen molar-refractivity contribution in [3.05, 3.63) is 114 Å². The van der Waals surface area contributed by atoms with E-state index >= 15 is 0 Å². The number of ether oxygens (including phenoxy) is 2. The Kier molecular flexibility index (Phi) is 8.87. The smallest absolute Gasteiger partial charge is 0.259 e. The fraction of sp³-hybridized carbons (Fsp3) is 0.212. The van der Waals surface area contributed by atoms with Gasteiger partial charge in [0, 0.05) is 44.1 Å². The van der Waals surface area contributed by atoms with Crippen LogP contribution in [0.15, 0.2) is 91.0 Å². The van der Waals surface area contributed by atoms with Crippen LogP contribution >= 0.6 is 0 Å². The Balaban J connectivity index is 1.38. The lowest BCUT2D eigenvalue weighted by Crippen LogP contribution is -2.47. The Morgan fingerprint density at radius 2 is 1.33 bits per heavy atom. The number of piperazine rings is 1. The number of benzene rings is 4. The zero-order chi connectivity index (χ0) is 29.5. The van der Waals surface area contributed by atoms with E-state index in [1.165, 1.54) is 19.2 Å². The Morgan fingerprint density at radius 1 is 0.714 bits per heavy atom.